The molecule has 9 atom stereocenters. The van der Waals surface area contributed by atoms with Gasteiger partial charge >= 0.3 is 0 Å². The molecule has 0 spiro atoms. The van der Waals surface area contributed by atoms with Crippen LogP contribution in [0.3, 0.4) is 0 Å². The van der Waals surface area contributed by atoms with Crippen LogP contribution in [0.25, 0.3) is 31.3 Å². The van der Waals surface area contributed by atoms with Crippen LogP contribution in [0.2, 0.25) is 0 Å². The van der Waals surface area contributed by atoms with Gasteiger partial charge in [0.25, 0.3) is 0 Å². The summed E-state index contributed by atoms with van der Waals surface area (Å²) < 4.78 is 10.5. The van der Waals surface area contributed by atoms with Gasteiger partial charge in [0.15, 0.2) is 5.78 Å². The zero-order chi connectivity index (χ0) is 69.6. The lowest BCUT2D eigenvalue weighted by Gasteiger charge is -2.28. The highest BCUT2D eigenvalue weighted by molar-refractivity contribution is 7.14. The quantitative estimate of drug-likeness (QED) is 0.0369. The summed E-state index contributed by atoms with van der Waals surface area (Å²) in [4.78, 5) is 110. The van der Waals surface area contributed by atoms with Gasteiger partial charge in [-0.25, -0.2) is 15.0 Å². The monoisotopic (exact) mass is 1380 g/mol. The predicted molar refractivity (Wildman–Crippen MR) is 369 cm³/mol. The number of likely N-dealkylation sites (tertiary alicyclic amines) is 3. The Morgan fingerprint density at radius 1 is 0.557 bits per heavy atom. The Bertz CT molecular complexity index is 3990. The van der Waals surface area contributed by atoms with Gasteiger partial charge in [0.2, 0.25) is 35.4 Å². The van der Waals surface area contributed by atoms with Crippen LogP contribution in [-0.2, 0) is 53.1 Å². The Hall–Kier alpha value is -8.66. The van der Waals surface area contributed by atoms with Crippen LogP contribution in [0.5, 0.6) is 0 Å². The van der Waals surface area contributed by atoms with E-state index in [1.54, 1.807) is 66.9 Å². The van der Waals surface area contributed by atoms with Crippen LogP contribution in [0.1, 0.15) is 141 Å². The van der Waals surface area contributed by atoms with Crippen LogP contribution < -0.4 is 16.0 Å². The maximum atomic E-state index is 13.2. The Balaban J connectivity index is 0.000000171. The number of carbonyl (C=O) groups is 7. The van der Waals surface area contributed by atoms with Crippen molar-refractivity contribution in [3.8, 4) is 31.3 Å². The fourth-order valence-electron chi connectivity index (χ4n) is 12.3. The highest BCUT2D eigenvalue weighted by atomic mass is 32.1. The Morgan fingerprint density at radius 3 is 1.34 bits per heavy atom. The summed E-state index contributed by atoms with van der Waals surface area (Å²) in [5, 5.41) is 46.7. The Labute approximate surface area is 576 Å². The number of hydrogen-bond acceptors (Lipinski definition) is 20. The van der Waals surface area contributed by atoms with Crippen molar-refractivity contribution in [2.75, 3.05) is 19.6 Å². The van der Waals surface area contributed by atoms with Crippen molar-refractivity contribution in [1.82, 2.24) is 55.9 Å². The van der Waals surface area contributed by atoms with Crippen molar-refractivity contribution in [1.29, 1.82) is 0 Å². The molecule has 3 aliphatic rings. The molecule has 0 bridgehead atoms. The molecule has 3 fully saturated rings. The van der Waals surface area contributed by atoms with E-state index in [1.807, 2.05) is 124 Å². The minimum Gasteiger partial charge on any atom is -0.391 e. The SMILES string of the molecule is CCC(C(=O)N1C[C@H](O)C[C@H]1C(=O)NCc1ccc(-c2scnc2C)cc1)c1cc(C)no1.CCC[C@H](NC(C)=O)C(=O)N1C[C@H](O)C[C@H]1C(=O)CCc1ccc(-c2scnc2C)cc1.Cc1cc([C@@H](C)C(=O)N2C[C@H](O)C[C@H]2C(=O)NCc2ccc(-c3scnc3C)cc2)on1. The summed E-state index contributed by atoms with van der Waals surface area (Å²) in [6.07, 6.45) is 1.07. The maximum Gasteiger partial charge on any atom is 0.245 e. The van der Waals surface area contributed by atoms with Gasteiger partial charge in [0, 0.05) is 77.5 Å². The van der Waals surface area contributed by atoms with Crippen molar-refractivity contribution in [3.05, 3.63) is 158 Å². The van der Waals surface area contributed by atoms with Gasteiger partial charge in [0.1, 0.15) is 29.6 Å². The largest absolute Gasteiger partial charge is 0.391 e. The van der Waals surface area contributed by atoms with Gasteiger partial charge in [-0.05, 0) is 94.2 Å². The van der Waals surface area contributed by atoms with Gasteiger partial charge in [0.05, 0.1) is 95.8 Å². The van der Waals surface area contributed by atoms with E-state index in [4.69, 9.17) is 9.05 Å². The van der Waals surface area contributed by atoms with Crippen molar-refractivity contribution in [2.24, 2.45) is 0 Å². The van der Waals surface area contributed by atoms with E-state index in [1.165, 1.54) is 21.6 Å². The third kappa shape index (κ3) is 18.5. The molecule has 6 N–H and O–H groups in total. The van der Waals surface area contributed by atoms with Gasteiger partial charge in [-0.15, -0.1) is 34.0 Å². The second-order valence-corrected chi connectivity index (χ2v) is 27.5. The molecule has 11 rings (SSSR count). The summed E-state index contributed by atoms with van der Waals surface area (Å²) in [6, 6.07) is 24.7. The number of β-amino-alcohol motifs (C(OH)–C–C–N with tert-alkyl or cyclic N) is 3. The second-order valence-electron chi connectivity index (χ2n) is 24.9. The van der Waals surface area contributed by atoms with Crippen molar-refractivity contribution < 1.29 is 57.9 Å². The van der Waals surface area contributed by atoms with Crippen molar-refractivity contribution in [3.63, 3.8) is 0 Å². The molecule has 3 aromatic carbocycles. The number of aliphatic hydroxyl groups is 3. The van der Waals surface area contributed by atoms with Crippen molar-refractivity contribution >= 4 is 75.2 Å². The molecule has 0 radical (unpaired) electrons. The van der Waals surface area contributed by atoms with Crippen LogP contribution >= 0.6 is 34.0 Å². The molecule has 0 saturated carbocycles. The standard InChI is InChI=1S/C24H28N4O4S.C24H31N3O4S.C23H26N4O4S/c1-4-19(21-9-14(2)27-32-21)24(31)28-12-18(29)10-20(28)23(30)25-11-16-5-7-17(8-6-16)22-15(3)26-13-33-22;1-4-5-20(26-16(3)28)24(31)27-13-19(29)12-21(27)22(30)11-8-17-6-9-18(10-7-17)23-15(2)25-14-32-23;1-13-8-20(31-26-13)14(2)23(30)27-11-18(28)9-19(27)22(29)24-10-16-4-6-17(7-5-16)21-15(3)25-12-32-21/h5-9,13,18-20,29H,4,10-12H2,1-3H3,(H,25,30);6-7,9-10,14,19-21,29H,4-5,8,11-13H2,1-3H3,(H,26,28);4-8,12,14,18-19,28H,9-11H2,1-3H3,(H,24,29)/t18-,19?,20+;19-,20+,21+;14-,18-,19+/m111/s1. The number of amides is 6. The number of nitrogens with one attached hydrogen (secondary N) is 3. The highest BCUT2D eigenvalue weighted by Gasteiger charge is 2.44. The molecule has 3 aliphatic heterocycles. The summed E-state index contributed by atoms with van der Waals surface area (Å²) in [7, 11) is 0. The number of nitrogens with zero attached hydrogens (tertiary/aromatic N) is 8. The topological polar surface area (TPSA) is 317 Å². The number of rotatable bonds is 22. The minimum atomic E-state index is -0.736. The number of benzene rings is 3. The average molecular weight is 1380 g/mol. The van der Waals surface area contributed by atoms with Crippen molar-refractivity contribution in [2.45, 2.75) is 181 Å². The second kappa shape index (κ2) is 33.5. The zero-order valence-electron chi connectivity index (χ0n) is 56.0. The molecule has 23 nitrogen and oxygen atoms in total. The summed E-state index contributed by atoms with van der Waals surface area (Å²) in [6.45, 7) is 17.5. The van der Waals surface area contributed by atoms with E-state index < -0.39 is 54.3 Å². The predicted octanol–water partition coefficient (Wildman–Crippen LogP) is 8.87. The lowest BCUT2D eigenvalue weighted by atomic mass is 9.99. The summed E-state index contributed by atoms with van der Waals surface area (Å²) in [5.74, 6) is -1.86. The van der Waals surface area contributed by atoms with Gasteiger partial charge in [-0.3, -0.25) is 33.6 Å². The molecule has 0 aliphatic carbocycles. The first-order valence-corrected chi connectivity index (χ1v) is 35.3. The smallest absolute Gasteiger partial charge is 0.245 e. The van der Waals surface area contributed by atoms with Gasteiger partial charge in [-0.2, -0.15) is 0 Å². The average Bonchev–Trinajstić information content (AvgIpc) is 1.71. The molecule has 1 unspecified atom stereocenters. The lowest BCUT2D eigenvalue weighted by molar-refractivity contribution is -0.140. The molecule has 514 valence electrons. The molecule has 6 amide bonds. The summed E-state index contributed by atoms with van der Waals surface area (Å²) >= 11 is 4.80. The number of aliphatic hydroxyl groups excluding tert-OH is 3. The van der Waals surface area contributed by atoms with Crippen LogP contribution in [0.4, 0.5) is 0 Å². The highest BCUT2D eigenvalue weighted by Crippen LogP contribution is 2.33. The first-order chi connectivity index (χ1) is 46.5. The van der Waals surface area contributed by atoms with E-state index in [-0.39, 0.29) is 80.1 Å². The molecule has 97 heavy (non-hydrogen) atoms. The third-order valence-electron chi connectivity index (χ3n) is 17.5. The van der Waals surface area contributed by atoms with E-state index in [0.717, 1.165) is 71.5 Å². The maximum absolute atomic E-state index is 13.2. The molecular weight excluding hydrogens is 1300 g/mol. The van der Waals surface area contributed by atoms with Crippen LogP contribution in [0, 0.1) is 34.6 Å². The summed E-state index contributed by atoms with van der Waals surface area (Å²) in [5.41, 5.74) is 16.1. The van der Waals surface area contributed by atoms with Crippen LogP contribution in [-0.4, -0.2) is 159 Å². The van der Waals surface area contributed by atoms with E-state index in [2.05, 4.69) is 41.2 Å². The molecule has 3 saturated heterocycles. The Morgan fingerprint density at radius 2 is 0.959 bits per heavy atom. The third-order valence-corrected chi connectivity index (χ3v) is 20.5. The lowest BCUT2D eigenvalue weighted by Crippen LogP contribution is -2.51. The minimum absolute atomic E-state index is 0.0599. The first kappa shape index (κ1) is 72.6. The van der Waals surface area contributed by atoms with E-state index >= 15 is 0 Å². The molecule has 5 aromatic heterocycles. The number of ketones is 1. The molecule has 8 heterocycles. The first-order valence-electron chi connectivity index (χ1n) is 32.7. The number of carbonyl (C=O) groups excluding carboxylic acids is 7. The normalized spacial score (nSPS) is 19.1. The molecule has 26 heteroatoms. The molecular formula is C71H85N11O12S3. The number of aromatic nitrogens is 5. The fourth-order valence-corrected chi connectivity index (χ4v) is 14.8. The zero-order valence-corrected chi connectivity index (χ0v) is 58.5. The number of aryl methyl sites for hydroxylation is 6. The van der Waals surface area contributed by atoms with Gasteiger partial charge < -0.3 is 55.0 Å². The Kier molecular flexibility index (Phi) is 25.1. The number of Topliss-reactive ketones (excluding diaryl/α,β-unsaturated/α-hetero) is 1. The number of hydrogen-bond donors (Lipinski definition) is 6. The van der Waals surface area contributed by atoms with E-state index in [9.17, 15) is 48.9 Å². The number of thiazole rings is 3. The fraction of sp³-hybridized carbons (Fsp3) is 0.437. The molecule has 8 aromatic rings. The van der Waals surface area contributed by atoms with Gasteiger partial charge in [-0.1, -0.05) is 103 Å². The van der Waals surface area contributed by atoms with Crippen LogP contribution in [0.15, 0.2) is 111 Å². The van der Waals surface area contributed by atoms with E-state index in [0.29, 0.717) is 61.7 Å².